The van der Waals surface area contributed by atoms with Crippen LogP contribution in [0.1, 0.15) is 39.0 Å². The third-order valence-electron chi connectivity index (χ3n) is 4.55. The van der Waals surface area contributed by atoms with E-state index in [1.54, 1.807) is 7.11 Å². The van der Waals surface area contributed by atoms with E-state index in [1.807, 2.05) is 11.8 Å². The number of ether oxygens (including phenoxy) is 1. The van der Waals surface area contributed by atoms with E-state index in [1.165, 1.54) is 0 Å². The fourth-order valence-electron chi connectivity index (χ4n) is 3.39. The second kappa shape index (κ2) is 5.57. The standard InChI is InChI=1S/C14H26N2O2/c1-14(15)7-4-3-5-12(14)13(17)16-8-6-11(9-16)10-18-2/h11-12H,3-10,15H2,1-2H3. The van der Waals surface area contributed by atoms with Gasteiger partial charge in [-0.25, -0.2) is 0 Å². The average Bonchev–Trinajstić information content (AvgIpc) is 2.77. The van der Waals surface area contributed by atoms with Crippen molar-refractivity contribution in [3.05, 3.63) is 0 Å². The highest BCUT2D eigenvalue weighted by molar-refractivity contribution is 5.80. The van der Waals surface area contributed by atoms with Crippen molar-refractivity contribution in [2.24, 2.45) is 17.6 Å². The smallest absolute Gasteiger partial charge is 0.227 e. The number of hydrogen-bond donors (Lipinski definition) is 1. The summed E-state index contributed by atoms with van der Waals surface area (Å²) < 4.78 is 5.18. The lowest BCUT2D eigenvalue weighted by atomic mass is 9.74. The average molecular weight is 254 g/mol. The summed E-state index contributed by atoms with van der Waals surface area (Å²) in [7, 11) is 1.72. The summed E-state index contributed by atoms with van der Waals surface area (Å²) in [5, 5.41) is 0. The van der Waals surface area contributed by atoms with E-state index in [2.05, 4.69) is 0 Å². The second-order valence-corrected chi connectivity index (χ2v) is 6.20. The Bertz CT molecular complexity index is 304. The Morgan fingerprint density at radius 3 is 2.89 bits per heavy atom. The maximum atomic E-state index is 12.6. The molecule has 1 saturated carbocycles. The fraction of sp³-hybridized carbons (Fsp3) is 0.929. The Labute approximate surface area is 110 Å². The van der Waals surface area contributed by atoms with Crippen molar-refractivity contribution in [1.29, 1.82) is 0 Å². The summed E-state index contributed by atoms with van der Waals surface area (Å²) in [6, 6.07) is 0. The van der Waals surface area contributed by atoms with Crippen molar-refractivity contribution in [2.45, 2.75) is 44.6 Å². The molecule has 1 amide bonds. The lowest BCUT2D eigenvalue weighted by Gasteiger charge is -2.39. The molecular formula is C14H26N2O2. The predicted molar refractivity (Wildman–Crippen MR) is 71.1 cm³/mol. The van der Waals surface area contributed by atoms with Crippen molar-refractivity contribution in [2.75, 3.05) is 26.8 Å². The molecule has 2 aliphatic rings. The second-order valence-electron chi connectivity index (χ2n) is 6.20. The predicted octanol–water partition coefficient (Wildman–Crippen LogP) is 1.39. The van der Waals surface area contributed by atoms with Gasteiger partial charge >= 0.3 is 0 Å². The highest BCUT2D eigenvalue weighted by Crippen LogP contribution is 2.34. The lowest BCUT2D eigenvalue weighted by molar-refractivity contribution is -0.138. The van der Waals surface area contributed by atoms with E-state index in [0.29, 0.717) is 5.92 Å². The van der Waals surface area contributed by atoms with Crippen molar-refractivity contribution in [3.63, 3.8) is 0 Å². The van der Waals surface area contributed by atoms with Crippen LogP contribution in [0.2, 0.25) is 0 Å². The minimum absolute atomic E-state index is 0.0209. The van der Waals surface area contributed by atoms with Gasteiger partial charge in [0.2, 0.25) is 5.91 Å². The van der Waals surface area contributed by atoms with Gasteiger partial charge in [0, 0.05) is 31.7 Å². The van der Waals surface area contributed by atoms with Gasteiger partial charge in [0.15, 0.2) is 0 Å². The van der Waals surface area contributed by atoms with Gasteiger partial charge in [0.25, 0.3) is 0 Å². The van der Waals surface area contributed by atoms with Gasteiger partial charge in [0.05, 0.1) is 12.5 Å². The van der Waals surface area contributed by atoms with Crippen molar-refractivity contribution >= 4 is 5.91 Å². The SMILES string of the molecule is COCC1CCN(C(=O)C2CCCCC2(C)N)C1. The van der Waals surface area contributed by atoms with Gasteiger partial charge in [-0.2, -0.15) is 0 Å². The van der Waals surface area contributed by atoms with Crippen LogP contribution in [-0.2, 0) is 9.53 Å². The molecule has 0 aromatic carbocycles. The molecule has 104 valence electrons. The molecule has 1 aliphatic carbocycles. The van der Waals surface area contributed by atoms with Gasteiger partial charge < -0.3 is 15.4 Å². The zero-order valence-corrected chi connectivity index (χ0v) is 11.7. The van der Waals surface area contributed by atoms with E-state index < -0.39 is 0 Å². The highest BCUT2D eigenvalue weighted by Gasteiger charge is 2.41. The summed E-state index contributed by atoms with van der Waals surface area (Å²) in [4.78, 5) is 14.6. The number of carbonyl (C=O) groups excluding carboxylic acids is 1. The molecule has 0 aromatic rings. The third kappa shape index (κ3) is 2.86. The van der Waals surface area contributed by atoms with E-state index in [9.17, 15) is 4.79 Å². The first-order chi connectivity index (χ1) is 8.54. The van der Waals surface area contributed by atoms with Crippen molar-refractivity contribution < 1.29 is 9.53 Å². The molecule has 0 spiro atoms. The Balaban J connectivity index is 1.95. The van der Waals surface area contributed by atoms with Crippen LogP contribution in [0.5, 0.6) is 0 Å². The number of hydrogen-bond acceptors (Lipinski definition) is 3. The van der Waals surface area contributed by atoms with Gasteiger partial charge in [-0.1, -0.05) is 12.8 Å². The normalized spacial score (nSPS) is 36.9. The van der Waals surface area contributed by atoms with E-state index in [4.69, 9.17) is 10.5 Å². The fourth-order valence-corrected chi connectivity index (χ4v) is 3.39. The molecule has 2 N–H and O–H groups in total. The first kappa shape index (κ1) is 13.8. The Morgan fingerprint density at radius 1 is 1.44 bits per heavy atom. The van der Waals surface area contributed by atoms with Gasteiger partial charge in [-0.05, 0) is 26.2 Å². The molecule has 4 nitrogen and oxygen atoms in total. The molecule has 2 rings (SSSR count). The molecule has 3 unspecified atom stereocenters. The summed E-state index contributed by atoms with van der Waals surface area (Å²) in [5.74, 6) is 0.803. The van der Waals surface area contributed by atoms with E-state index in [-0.39, 0.29) is 17.4 Å². The highest BCUT2D eigenvalue weighted by atomic mass is 16.5. The van der Waals surface area contributed by atoms with Gasteiger partial charge in [-0.3, -0.25) is 4.79 Å². The quantitative estimate of drug-likeness (QED) is 0.828. The Morgan fingerprint density at radius 2 is 2.22 bits per heavy atom. The summed E-state index contributed by atoms with van der Waals surface area (Å²) in [5.41, 5.74) is 6.00. The number of nitrogens with zero attached hydrogens (tertiary/aromatic N) is 1. The minimum Gasteiger partial charge on any atom is -0.384 e. The molecule has 1 saturated heterocycles. The molecule has 0 bridgehead atoms. The van der Waals surface area contributed by atoms with Gasteiger partial charge in [-0.15, -0.1) is 0 Å². The number of likely N-dealkylation sites (tertiary alicyclic amines) is 1. The van der Waals surface area contributed by atoms with Crippen LogP contribution in [-0.4, -0.2) is 43.2 Å². The Hall–Kier alpha value is -0.610. The summed E-state index contributed by atoms with van der Waals surface area (Å²) in [6.45, 7) is 4.52. The van der Waals surface area contributed by atoms with Crippen molar-refractivity contribution in [1.82, 2.24) is 4.90 Å². The molecule has 1 heterocycles. The van der Waals surface area contributed by atoms with Crippen LogP contribution in [0.3, 0.4) is 0 Å². The topological polar surface area (TPSA) is 55.6 Å². The van der Waals surface area contributed by atoms with Gasteiger partial charge in [0.1, 0.15) is 0 Å². The number of carbonyl (C=O) groups is 1. The van der Waals surface area contributed by atoms with Crippen LogP contribution in [0.15, 0.2) is 0 Å². The third-order valence-corrected chi connectivity index (χ3v) is 4.55. The lowest BCUT2D eigenvalue weighted by Crippen LogP contribution is -2.53. The zero-order chi connectivity index (χ0) is 13.2. The maximum absolute atomic E-state index is 12.6. The molecule has 2 fully saturated rings. The molecule has 0 radical (unpaired) electrons. The zero-order valence-electron chi connectivity index (χ0n) is 11.7. The molecule has 18 heavy (non-hydrogen) atoms. The summed E-state index contributed by atoms with van der Waals surface area (Å²) in [6.07, 6.45) is 5.28. The number of methoxy groups -OCH3 is 1. The van der Waals surface area contributed by atoms with Crippen molar-refractivity contribution in [3.8, 4) is 0 Å². The molecular weight excluding hydrogens is 228 g/mol. The monoisotopic (exact) mass is 254 g/mol. The molecule has 0 aromatic heterocycles. The first-order valence-electron chi connectivity index (χ1n) is 7.11. The van der Waals surface area contributed by atoms with Crippen LogP contribution in [0, 0.1) is 11.8 Å². The van der Waals surface area contributed by atoms with E-state index >= 15 is 0 Å². The van der Waals surface area contributed by atoms with E-state index in [0.717, 1.165) is 51.8 Å². The first-order valence-corrected chi connectivity index (χ1v) is 7.11. The van der Waals surface area contributed by atoms with Crippen LogP contribution >= 0.6 is 0 Å². The van der Waals surface area contributed by atoms with Crippen LogP contribution in [0.4, 0.5) is 0 Å². The number of amides is 1. The van der Waals surface area contributed by atoms with Crippen LogP contribution < -0.4 is 5.73 Å². The number of rotatable bonds is 3. The molecule has 3 atom stereocenters. The summed E-state index contributed by atoms with van der Waals surface area (Å²) >= 11 is 0. The molecule has 1 aliphatic heterocycles. The minimum atomic E-state index is -0.311. The Kier molecular flexibility index (Phi) is 4.28. The number of nitrogens with two attached hydrogens (primary N) is 1. The maximum Gasteiger partial charge on any atom is 0.227 e. The van der Waals surface area contributed by atoms with Crippen LogP contribution in [0.25, 0.3) is 0 Å². The largest absolute Gasteiger partial charge is 0.384 e. The molecule has 4 heteroatoms.